The van der Waals surface area contributed by atoms with Gasteiger partial charge in [0.1, 0.15) is 0 Å². The summed E-state index contributed by atoms with van der Waals surface area (Å²) in [6.45, 7) is 2.42. The van der Waals surface area contributed by atoms with E-state index in [9.17, 15) is 9.59 Å². The standard InChI is InChI=1S/C13H18N4O2/c1-8(15-12(18)3-2-6-14)9-4-5-10-11(7-9)17-13(19)16-10/h4-5,7-8H,2-3,6,14H2,1H3,(H,15,18)(H2,16,17,19). The van der Waals surface area contributed by atoms with Gasteiger partial charge in [-0.2, -0.15) is 0 Å². The van der Waals surface area contributed by atoms with Crippen LogP contribution in [-0.4, -0.2) is 22.4 Å². The van der Waals surface area contributed by atoms with Crippen LogP contribution in [0.4, 0.5) is 0 Å². The lowest BCUT2D eigenvalue weighted by Crippen LogP contribution is -2.26. The van der Waals surface area contributed by atoms with Gasteiger partial charge < -0.3 is 21.0 Å². The average molecular weight is 262 g/mol. The van der Waals surface area contributed by atoms with Crippen LogP contribution in [-0.2, 0) is 4.79 Å². The van der Waals surface area contributed by atoms with Gasteiger partial charge in [0.2, 0.25) is 5.91 Å². The number of imidazole rings is 1. The summed E-state index contributed by atoms with van der Waals surface area (Å²) in [5.74, 6) is -0.0133. The van der Waals surface area contributed by atoms with E-state index in [1.807, 2.05) is 25.1 Å². The predicted molar refractivity (Wildman–Crippen MR) is 73.8 cm³/mol. The Balaban J connectivity index is 2.10. The second kappa shape index (κ2) is 5.71. The Morgan fingerprint density at radius 1 is 1.37 bits per heavy atom. The average Bonchev–Trinajstić information content (AvgIpc) is 2.75. The van der Waals surface area contributed by atoms with Gasteiger partial charge in [-0.15, -0.1) is 0 Å². The highest BCUT2D eigenvalue weighted by molar-refractivity contribution is 5.77. The molecule has 0 bridgehead atoms. The van der Waals surface area contributed by atoms with Crippen LogP contribution in [0.1, 0.15) is 31.4 Å². The molecular weight excluding hydrogens is 244 g/mol. The third-order valence-electron chi connectivity index (χ3n) is 3.03. The number of aromatic nitrogens is 2. The number of nitrogens with one attached hydrogen (secondary N) is 3. The van der Waals surface area contributed by atoms with Gasteiger partial charge in [0.25, 0.3) is 0 Å². The number of nitrogens with two attached hydrogens (primary N) is 1. The van der Waals surface area contributed by atoms with Gasteiger partial charge in [-0.05, 0) is 37.6 Å². The van der Waals surface area contributed by atoms with E-state index in [-0.39, 0.29) is 17.6 Å². The van der Waals surface area contributed by atoms with E-state index >= 15 is 0 Å². The Bertz CT molecular complexity index is 629. The quantitative estimate of drug-likeness (QED) is 0.639. The van der Waals surface area contributed by atoms with Gasteiger partial charge in [-0.3, -0.25) is 4.79 Å². The topological polar surface area (TPSA) is 104 Å². The molecule has 102 valence electrons. The van der Waals surface area contributed by atoms with Crippen molar-refractivity contribution >= 4 is 16.9 Å². The molecule has 1 atom stereocenters. The number of carbonyl (C=O) groups is 1. The van der Waals surface area contributed by atoms with Crippen LogP contribution < -0.4 is 16.7 Å². The maximum atomic E-state index is 11.6. The third-order valence-corrected chi connectivity index (χ3v) is 3.03. The molecular formula is C13H18N4O2. The maximum Gasteiger partial charge on any atom is 0.323 e. The molecule has 0 fully saturated rings. The van der Waals surface area contributed by atoms with Crippen molar-refractivity contribution in [1.82, 2.24) is 15.3 Å². The molecule has 1 heterocycles. The summed E-state index contributed by atoms with van der Waals surface area (Å²) in [5.41, 5.74) is 7.59. The second-order valence-electron chi connectivity index (χ2n) is 4.57. The zero-order valence-corrected chi connectivity index (χ0v) is 10.8. The van der Waals surface area contributed by atoms with Crippen LogP contribution in [0.25, 0.3) is 11.0 Å². The molecule has 1 unspecified atom stereocenters. The largest absolute Gasteiger partial charge is 0.350 e. The Morgan fingerprint density at radius 2 is 2.11 bits per heavy atom. The second-order valence-corrected chi connectivity index (χ2v) is 4.57. The van der Waals surface area contributed by atoms with E-state index in [0.717, 1.165) is 16.6 Å². The number of hydrogen-bond donors (Lipinski definition) is 4. The van der Waals surface area contributed by atoms with Crippen molar-refractivity contribution in [3.63, 3.8) is 0 Å². The smallest absolute Gasteiger partial charge is 0.323 e. The van der Waals surface area contributed by atoms with Crippen LogP contribution in [0.5, 0.6) is 0 Å². The van der Waals surface area contributed by atoms with Crippen molar-refractivity contribution in [1.29, 1.82) is 0 Å². The van der Waals surface area contributed by atoms with Crippen LogP contribution in [0, 0.1) is 0 Å². The molecule has 6 heteroatoms. The van der Waals surface area contributed by atoms with Crippen LogP contribution in [0.2, 0.25) is 0 Å². The molecule has 5 N–H and O–H groups in total. The lowest BCUT2D eigenvalue weighted by Gasteiger charge is -2.14. The maximum absolute atomic E-state index is 11.6. The van der Waals surface area contributed by atoms with Crippen molar-refractivity contribution in [2.24, 2.45) is 5.73 Å². The number of benzene rings is 1. The minimum Gasteiger partial charge on any atom is -0.350 e. The Labute approximate surface area is 110 Å². The molecule has 6 nitrogen and oxygen atoms in total. The van der Waals surface area contributed by atoms with Gasteiger partial charge >= 0.3 is 5.69 Å². The van der Waals surface area contributed by atoms with Crippen LogP contribution >= 0.6 is 0 Å². The Kier molecular flexibility index (Phi) is 4.01. The number of aromatic amines is 2. The molecule has 1 aromatic heterocycles. The molecule has 0 saturated carbocycles. The van der Waals surface area contributed by atoms with Gasteiger partial charge in [0, 0.05) is 6.42 Å². The first-order chi connectivity index (χ1) is 9.10. The molecule has 2 rings (SSSR count). The molecule has 0 radical (unpaired) electrons. The number of amides is 1. The predicted octanol–water partition coefficient (Wildman–Crippen LogP) is 0.772. The molecule has 0 aliphatic carbocycles. The SMILES string of the molecule is CC(NC(=O)CCCN)c1ccc2[nH]c(=O)[nH]c2c1. The minimum absolute atomic E-state index is 0.0133. The normalized spacial score (nSPS) is 12.5. The van der Waals surface area contributed by atoms with Crippen molar-refractivity contribution < 1.29 is 4.79 Å². The zero-order chi connectivity index (χ0) is 13.8. The number of rotatable bonds is 5. The summed E-state index contributed by atoms with van der Waals surface area (Å²) in [6, 6.07) is 5.47. The molecule has 0 aliphatic heterocycles. The summed E-state index contributed by atoms with van der Waals surface area (Å²) in [6.07, 6.45) is 1.12. The molecule has 0 aliphatic rings. The minimum atomic E-state index is -0.230. The van der Waals surface area contributed by atoms with Crippen LogP contribution in [0.15, 0.2) is 23.0 Å². The first-order valence-electron chi connectivity index (χ1n) is 6.31. The summed E-state index contributed by atoms with van der Waals surface area (Å²) in [4.78, 5) is 28.2. The van der Waals surface area contributed by atoms with Gasteiger partial charge in [0.15, 0.2) is 0 Å². The summed E-state index contributed by atoms with van der Waals surface area (Å²) in [5, 5.41) is 2.91. The number of hydrogen-bond acceptors (Lipinski definition) is 3. The fourth-order valence-corrected chi connectivity index (χ4v) is 1.98. The molecule has 2 aromatic rings. The highest BCUT2D eigenvalue weighted by Crippen LogP contribution is 2.17. The van der Waals surface area contributed by atoms with E-state index in [4.69, 9.17) is 5.73 Å². The van der Waals surface area contributed by atoms with E-state index in [1.165, 1.54) is 0 Å². The Hall–Kier alpha value is -2.08. The number of H-pyrrole nitrogens is 2. The molecule has 1 amide bonds. The zero-order valence-electron chi connectivity index (χ0n) is 10.8. The van der Waals surface area contributed by atoms with E-state index in [0.29, 0.717) is 19.4 Å². The summed E-state index contributed by atoms with van der Waals surface area (Å²) < 4.78 is 0. The van der Waals surface area contributed by atoms with Gasteiger partial charge in [0.05, 0.1) is 17.1 Å². The first-order valence-corrected chi connectivity index (χ1v) is 6.31. The molecule has 1 aromatic carbocycles. The fraction of sp³-hybridized carbons (Fsp3) is 0.385. The highest BCUT2D eigenvalue weighted by atomic mass is 16.1. The van der Waals surface area contributed by atoms with Crippen molar-refractivity contribution in [3.8, 4) is 0 Å². The van der Waals surface area contributed by atoms with Gasteiger partial charge in [-0.1, -0.05) is 6.07 Å². The number of fused-ring (bicyclic) bond motifs is 1. The Morgan fingerprint density at radius 3 is 2.84 bits per heavy atom. The lowest BCUT2D eigenvalue weighted by atomic mass is 10.1. The summed E-state index contributed by atoms with van der Waals surface area (Å²) >= 11 is 0. The molecule has 19 heavy (non-hydrogen) atoms. The van der Waals surface area contributed by atoms with Crippen LogP contribution in [0.3, 0.4) is 0 Å². The van der Waals surface area contributed by atoms with E-state index < -0.39 is 0 Å². The van der Waals surface area contributed by atoms with Crippen molar-refractivity contribution in [2.75, 3.05) is 6.54 Å². The number of carbonyl (C=O) groups excluding carboxylic acids is 1. The van der Waals surface area contributed by atoms with E-state index in [1.54, 1.807) is 0 Å². The van der Waals surface area contributed by atoms with Crippen molar-refractivity contribution in [2.45, 2.75) is 25.8 Å². The fourth-order valence-electron chi connectivity index (χ4n) is 1.98. The third kappa shape index (κ3) is 3.23. The molecule has 0 saturated heterocycles. The van der Waals surface area contributed by atoms with Gasteiger partial charge in [-0.25, -0.2) is 4.79 Å². The first kappa shape index (κ1) is 13.4. The highest BCUT2D eigenvalue weighted by Gasteiger charge is 2.10. The van der Waals surface area contributed by atoms with Crippen molar-refractivity contribution in [3.05, 3.63) is 34.2 Å². The monoisotopic (exact) mass is 262 g/mol. The van der Waals surface area contributed by atoms with E-state index in [2.05, 4.69) is 15.3 Å². The summed E-state index contributed by atoms with van der Waals surface area (Å²) in [7, 11) is 0. The lowest BCUT2D eigenvalue weighted by molar-refractivity contribution is -0.121. The molecule has 0 spiro atoms.